The summed E-state index contributed by atoms with van der Waals surface area (Å²) in [5.41, 5.74) is 1.49. The summed E-state index contributed by atoms with van der Waals surface area (Å²) in [6.45, 7) is 0.269. The molecule has 7 heteroatoms. The molecule has 1 atom stereocenters. The minimum atomic E-state index is -0.683. The first-order valence-corrected chi connectivity index (χ1v) is 9.21. The molecular weight excluding hydrogens is 369 g/mol. The zero-order valence-electron chi connectivity index (χ0n) is 15.1. The van der Waals surface area contributed by atoms with Gasteiger partial charge in [0.05, 0.1) is 12.3 Å². The van der Waals surface area contributed by atoms with Crippen molar-refractivity contribution in [1.29, 1.82) is 0 Å². The highest BCUT2D eigenvalue weighted by Gasteiger charge is 2.36. The SMILES string of the molecule is O=C(C1CC1)N(Cc1ccc(F)cc1F)C[C@H]1CC(c2cccc(F)c2)=NO1. The Morgan fingerprint density at radius 3 is 2.61 bits per heavy atom. The molecule has 2 aromatic carbocycles. The molecule has 0 aromatic heterocycles. The van der Waals surface area contributed by atoms with Crippen molar-refractivity contribution in [3.63, 3.8) is 0 Å². The summed E-state index contributed by atoms with van der Waals surface area (Å²) in [5.74, 6) is -1.81. The fraction of sp³-hybridized carbons (Fsp3) is 0.333. The highest BCUT2D eigenvalue weighted by Crippen LogP contribution is 2.32. The fourth-order valence-corrected chi connectivity index (χ4v) is 3.29. The highest BCUT2D eigenvalue weighted by molar-refractivity contribution is 6.01. The van der Waals surface area contributed by atoms with Gasteiger partial charge in [-0.1, -0.05) is 23.4 Å². The third-order valence-electron chi connectivity index (χ3n) is 4.93. The van der Waals surface area contributed by atoms with Crippen LogP contribution in [0.3, 0.4) is 0 Å². The van der Waals surface area contributed by atoms with Crippen LogP contribution in [0.4, 0.5) is 13.2 Å². The van der Waals surface area contributed by atoms with Crippen LogP contribution in [0.25, 0.3) is 0 Å². The predicted octanol–water partition coefficient (Wildman–Crippen LogP) is 4.04. The van der Waals surface area contributed by atoms with E-state index in [0.29, 0.717) is 17.7 Å². The summed E-state index contributed by atoms with van der Waals surface area (Å²) in [4.78, 5) is 19.6. The second kappa shape index (κ2) is 7.66. The summed E-state index contributed by atoms with van der Waals surface area (Å²) in [5, 5.41) is 4.03. The monoisotopic (exact) mass is 388 g/mol. The minimum Gasteiger partial charge on any atom is -0.390 e. The number of oxime groups is 1. The predicted molar refractivity (Wildman–Crippen MR) is 96.9 cm³/mol. The van der Waals surface area contributed by atoms with Gasteiger partial charge in [0.25, 0.3) is 0 Å². The van der Waals surface area contributed by atoms with E-state index in [9.17, 15) is 18.0 Å². The smallest absolute Gasteiger partial charge is 0.226 e. The van der Waals surface area contributed by atoms with Crippen molar-refractivity contribution in [3.8, 4) is 0 Å². The Bertz CT molecular complexity index is 928. The molecule has 0 bridgehead atoms. The lowest BCUT2D eigenvalue weighted by Crippen LogP contribution is -2.38. The molecular formula is C21H19F3N2O2. The van der Waals surface area contributed by atoms with Crippen LogP contribution in [0.15, 0.2) is 47.6 Å². The molecule has 0 N–H and O–H groups in total. The van der Waals surface area contributed by atoms with Gasteiger partial charge in [0, 0.05) is 36.1 Å². The number of halogens is 3. The average molecular weight is 388 g/mol. The number of carbonyl (C=O) groups excluding carboxylic acids is 1. The van der Waals surface area contributed by atoms with Crippen molar-refractivity contribution >= 4 is 11.6 Å². The number of benzene rings is 2. The number of hydrogen-bond donors (Lipinski definition) is 0. The van der Waals surface area contributed by atoms with E-state index < -0.39 is 17.7 Å². The standard InChI is InChI=1S/C21H19F3N2O2/c22-16-3-1-2-14(8-16)20-10-18(28-25-20)12-26(21(27)13-4-5-13)11-15-6-7-17(23)9-19(15)24/h1-3,6-9,13,18H,4-5,10-12H2/t18-/m1/s1. The van der Waals surface area contributed by atoms with Crippen molar-refractivity contribution in [2.24, 2.45) is 11.1 Å². The first-order valence-electron chi connectivity index (χ1n) is 9.21. The zero-order chi connectivity index (χ0) is 19.7. The zero-order valence-corrected chi connectivity index (χ0v) is 15.1. The number of hydrogen-bond acceptors (Lipinski definition) is 3. The molecule has 2 aromatic rings. The van der Waals surface area contributed by atoms with Crippen LogP contribution in [0, 0.1) is 23.4 Å². The second-order valence-electron chi connectivity index (χ2n) is 7.21. The van der Waals surface area contributed by atoms with Gasteiger partial charge in [-0.05, 0) is 31.0 Å². The van der Waals surface area contributed by atoms with Crippen LogP contribution in [0.1, 0.15) is 30.4 Å². The Hall–Kier alpha value is -2.83. The number of amides is 1. The van der Waals surface area contributed by atoms with Crippen LogP contribution in [-0.2, 0) is 16.2 Å². The molecule has 0 saturated heterocycles. The Balaban J connectivity index is 1.45. The van der Waals surface area contributed by atoms with Gasteiger partial charge < -0.3 is 9.74 Å². The number of carbonyl (C=O) groups is 1. The summed E-state index contributed by atoms with van der Waals surface area (Å²) in [6, 6.07) is 9.41. The van der Waals surface area contributed by atoms with Crippen molar-refractivity contribution < 1.29 is 22.8 Å². The van der Waals surface area contributed by atoms with Gasteiger partial charge in [0.2, 0.25) is 5.91 Å². The van der Waals surface area contributed by atoms with Crippen LogP contribution < -0.4 is 0 Å². The summed E-state index contributed by atoms with van der Waals surface area (Å²) in [7, 11) is 0. The lowest BCUT2D eigenvalue weighted by Gasteiger charge is -2.25. The van der Waals surface area contributed by atoms with Crippen LogP contribution in [0.2, 0.25) is 0 Å². The Kier molecular flexibility index (Phi) is 5.07. The maximum absolute atomic E-state index is 14.1. The van der Waals surface area contributed by atoms with Crippen molar-refractivity contribution in [1.82, 2.24) is 4.90 Å². The molecule has 0 radical (unpaired) electrons. The normalized spacial score (nSPS) is 18.5. The van der Waals surface area contributed by atoms with Gasteiger partial charge in [0.1, 0.15) is 17.5 Å². The van der Waals surface area contributed by atoms with E-state index in [1.807, 2.05) is 0 Å². The molecule has 1 aliphatic carbocycles. The summed E-state index contributed by atoms with van der Waals surface area (Å²) >= 11 is 0. The van der Waals surface area contributed by atoms with Gasteiger partial charge in [0.15, 0.2) is 6.10 Å². The molecule has 4 nitrogen and oxygen atoms in total. The molecule has 1 aliphatic heterocycles. The topological polar surface area (TPSA) is 41.9 Å². The molecule has 28 heavy (non-hydrogen) atoms. The molecule has 2 aliphatic rings. The van der Waals surface area contributed by atoms with E-state index >= 15 is 0 Å². The lowest BCUT2D eigenvalue weighted by molar-refractivity contribution is -0.135. The maximum atomic E-state index is 14.1. The van der Waals surface area contributed by atoms with E-state index in [1.165, 1.54) is 24.3 Å². The molecule has 1 amide bonds. The van der Waals surface area contributed by atoms with Crippen molar-refractivity contribution in [2.45, 2.75) is 31.9 Å². The van der Waals surface area contributed by atoms with Crippen molar-refractivity contribution in [2.75, 3.05) is 6.54 Å². The van der Waals surface area contributed by atoms with Crippen molar-refractivity contribution in [3.05, 3.63) is 71.0 Å². The Labute approximate surface area is 160 Å². The lowest BCUT2D eigenvalue weighted by atomic mass is 10.0. The third kappa shape index (κ3) is 4.18. The van der Waals surface area contributed by atoms with E-state index in [2.05, 4.69) is 5.16 Å². The Morgan fingerprint density at radius 1 is 1.11 bits per heavy atom. The van der Waals surface area contributed by atoms with E-state index in [-0.39, 0.29) is 36.3 Å². The fourth-order valence-electron chi connectivity index (χ4n) is 3.29. The van der Waals surface area contributed by atoms with Gasteiger partial charge in [-0.2, -0.15) is 0 Å². The third-order valence-corrected chi connectivity index (χ3v) is 4.93. The van der Waals surface area contributed by atoms with Gasteiger partial charge in [-0.15, -0.1) is 0 Å². The average Bonchev–Trinajstić information content (AvgIpc) is 3.41. The van der Waals surface area contributed by atoms with Crippen LogP contribution in [-0.4, -0.2) is 29.2 Å². The minimum absolute atomic E-state index is 0.0383. The number of nitrogens with zero attached hydrogens (tertiary/aromatic N) is 2. The second-order valence-corrected chi connectivity index (χ2v) is 7.21. The van der Waals surface area contributed by atoms with E-state index in [1.54, 1.807) is 17.0 Å². The molecule has 146 valence electrons. The van der Waals surface area contributed by atoms with Gasteiger partial charge in [-0.25, -0.2) is 13.2 Å². The largest absolute Gasteiger partial charge is 0.390 e. The first kappa shape index (κ1) is 18.5. The van der Waals surface area contributed by atoms with Crippen LogP contribution >= 0.6 is 0 Å². The molecule has 1 saturated carbocycles. The maximum Gasteiger partial charge on any atom is 0.226 e. The summed E-state index contributed by atoms with van der Waals surface area (Å²) in [6.07, 6.45) is 1.66. The molecule has 1 heterocycles. The molecule has 4 rings (SSSR count). The molecule has 0 unspecified atom stereocenters. The van der Waals surface area contributed by atoms with Gasteiger partial charge in [-0.3, -0.25) is 4.79 Å². The number of rotatable bonds is 6. The molecule has 0 spiro atoms. The Morgan fingerprint density at radius 2 is 1.89 bits per heavy atom. The summed E-state index contributed by atoms with van der Waals surface area (Å²) < 4.78 is 40.6. The van der Waals surface area contributed by atoms with Crippen LogP contribution in [0.5, 0.6) is 0 Å². The highest BCUT2D eigenvalue weighted by atomic mass is 19.1. The quantitative estimate of drug-likeness (QED) is 0.750. The first-order chi connectivity index (χ1) is 13.5. The van der Waals surface area contributed by atoms with E-state index in [0.717, 1.165) is 18.9 Å². The van der Waals surface area contributed by atoms with E-state index in [4.69, 9.17) is 4.84 Å². The molecule has 1 fully saturated rings. The van der Waals surface area contributed by atoms with Gasteiger partial charge >= 0.3 is 0 Å².